The minimum Gasteiger partial charge on any atom is -0.507 e. The molecule has 2 aromatic rings. The molecule has 0 spiro atoms. The van der Waals surface area contributed by atoms with E-state index in [2.05, 4.69) is 15.8 Å². The third-order valence-electron chi connectivity index (χ3n) is 4.61. The van der Waals surface area contributed by atoms with Crippen molar-refractivity contribution in [2.75, 3.05) is 12.4 Å². The molecule has 0 unspecified atom stereocenters. The van der Waals surface area contributed by atoms with Crippen molar-refractivity contribution in [1.82, 2.24) is 5.43 Å². The first-order valence-corrected chi connectivity index (χ1v) is 9.90. The number of methoxy groups -OCH3 is 1. The molecule has 0 saturated carbocycles. The highest BCUT2D eigenvalue weighted by Gasteiger charge is 2.28. The number of hydrogen-bond acceptors (Lipinski definition) is 7. The van der Waals surface area contributed by atoms with Crippen molar-refractivity contribution in [1.29, 1.82) is 0 Å². The summed E-state index contributed by atoms with van der Waals surface area (Å²) in [6.45, 7) is 1.59. The molecule has 1 aliphatic carbocycles. The van der Waals surface area contributed by atoms with Crippen LogP contribution in [0.25, 0.3) is 0 Å². The van der Waals surface area contributed by atoms with E-state index in [1.807, 2.05) is 0 Å². The average Bonchev–Trinajstić information content (AvgIpc) is 3.09. The zero-order valence-corrected chi connectivity index (χ0v) is 16.9. The summed E-state index contributed by atoms with van der Waals surface area (Å²) in [5.74, 6) is -2.45. The van der Waals surface area contributed by atoms with Crippen LogP contribution in [0, 0.1) is 0 Å². The summed E-state index contributed by atoms with van der Waals surface area (Å²) in [6, 6.07) is 6.52. The number of benzene rings is 1. The lowest BCUT2D eigenvalue weighted by molar-refractivity contribution is -0.136. The number of amides is 2. The molecule has 8 nitrogen and oxygen atoms in total. The predicted molar refractivity (Wildman–Crippen MR) is 109 cm³/mol. The van der Waals surface area contributed by atoms with Crippen LogP contribution in [0.2, 0.25) is 0 Å². The van der Waals surface area contributed by atoms with Gasteiger partial charge in [-0.3, -0.25) is 9.59 Å². The number of esters is 1. The Morgan fingerprint density at radius 1 is 1.14 bits per heavy atom. The zero-order valence-electron chi connectivity index (χ0n) is 16.1. The molecule has 0 saturated heterocycles. The highest BCUT2D eigenvalue weighted by atomic mass is 32.1. The molecule has 0 atom stereocenters. The van der Waals surface area contributed by atoms with Crippen LogP contribution in [-0.2, 0) is 27.2 Å². The van der Waals surface area contributed by atoms with Gasteiger partial charge in [0.15, 0.2) is 0 Å². The minimum atomic E-state index is -0.984. The molecule has 3 N–H and O–H groups in total. The number of carbonyl (C=O) groups is 3. The molecule has 0 fully saturated rings. The number of anilines is 1. The molecule has 0 bridgehead atoms. The van der Waals surface area contributed by atoms with Gasteiger partial charge in [-0.1, -0.05) is 12.1 Å². The van der Waals surface area contributed by atoms with Gasteiger partial charge in [-0.05, 0) is 50.3 Å². The van der Waals surface area contributed by atoms with E-state index in [0.29, 0.717) is 21.8 Å². The van der Waals surface area contributed by atoms with Gasteiger partial charge in [0.05, 0.1) is 18.4 Å². The highest BCUT2D eigenvalue weighted by molar-refractivity contribution is 7.17. The number of fused-ring (bicyclic) bond motifs is 1. The molecule has 1 aromatic carbocycles. The van der Waals surface area contributed by atoms with Crippen LogP contribution >= 0.6 is 11.3 Å². The second-order valence-electron chi connectivity index (χ2n) is 6.52. The first kappa shape index (κ1) is 20.5. The van der Waals surface area contributed by atoms with Crippen molar-refractivity contribution in [3.63, 3.8) is 0 Å². The number of para-hydroxylation sites is 1. The molecule has 29 heavy (non-hydrogen) atoms. The number of thiophene rings is 1. The quantitative estimate of drug-likeness (QED) is 0.307. The predicted octanol–water partition coefficient (Wildman–Crippen LogP) is 2.60. The summed E-state index contributed by atoms with van der Waals surface area (Å²) in [7, 11) is 1.28. The summed E-state index contributed by atoms with van der Waals surface area (Å²) in [6.07, 6.45) is 3.54. The summed E-state index contributed by atoms with van der Waals surface area (Å²) in [4.78, 5) is 37.7. The first-order chi connectivity index (χ1) is 13.9. The third kappa shape index (κ3) is 4.45. The average molecular weight is 415 g/mol. The van der Waals surface area contributed by atoms with Gasteiger partial charge in [0, 0.05) is 10.4 Å². The molecule has 152 valence electrons. The van der Waals surface area contributed by atoms with Gasteiger partial charge < -0.3 is 15.2 Å². The Kier molecular flexibility index (Phi) is 6.28. The number of phenols is 1. The van der Waals surface area contributed by atoms with E-state index < -0.39 is 17.8 Å². The molecule has 0 radical (unpaired) electrons. The third-order valence-corrected chi connectivity index (χ3v) is 5.82. The first-order valence-electron chi connectivity index (χ1n) is 9.09. The number of phenolic OH excluding ortho intramolecular Hbond substituents is 1. The Labute approximate surface area is 171 Å². The maximum atomic E-state index is 12.3. The second kappa shape index (κ2) is 8.87. The molecule has 2 amide bonds. The van der Waals surface area contributed by atoms with Gasteiger partial charge in [0.1, 0.15) is 10.8 Å². The number of rotatable bonds is 4. The number of aryl methyl sites for hydroxylation is 1. The maximum Gasteiger partial charge on any atom is 0.341 e. The number of ether oxygens (including phenoxy) is 1. The van der Waals surface area contributed by atoms with Crippen LogP contribution < -0.4 is 10.7 Å². The van der Waals surface area contributed by atoms with Crippen molar-refractivity contribution in [2.24, 2.45) is 5.10 Å². The van der Waals surface area contributed by atoms with Gasteiger partial charge in [-0.15, -0.1) is 11.3 Å². The maximum absolute atomic E-state index is 12.3. The topological polar surface area (TPSA) is 117 Å². The fraction of sp³-hybridized carbons (Fsp3) is 0.300. The summed E-state index contributed by atoms with van der Waals surface area (Å²) >= 11 is 1.29. The Balaban J connectivity index is 1.74. The zero-order chi connectivity index (χ0) is 21.0. The van der Waals surface area contributed by atoms with E-state index in [4.69, 9.17) is 4.74 Å². The number of aromatic hydroxyl groups is 1. The second-order valence-corrected chi connectivity index (χ2v) is 7.62. The molecule has 3 rings (SSSR count). The van der Waals surface area contributed by atoms with Crippen LogP contribution in [0.5, 0.6) is 5.75 Å². The van der Waals surface area contributed by atoms with Crippen LogP contribution in [-0.4, -0.2) is 35.7 Å². The van der Waals surface area contributed by atoms with E-state index in [9.17, 15) is 19.5 Å². The fourth-order valence-electron chi connectivity index (χ4n) is 3.16. The van der Waals surface area contributed by atoms with E-state index in [0.717, 1.165) is 36.1 Å². The standard InChI is InChI=1S/C20H21N3O5S/c1-11(12-7-3-5-9-14(12)24)22-23-18(26)17(25)21-19-16(20(27)28-2)13-8-4-6-10-15(13)29-19/h3,5,7,9,24H,4,6,8,10H2,1-2H3,(H,21,25)(H,23,26)/b22-11-. The Morgan fingerprint density at radius 2 is 1.86 bits per heavy atom. The normalized spacial score (nSPS) is 13.4. The lowest BCUT2D eigenvalue weighted by Crippen LogP contribution is -2.33. The summed E-state index contributed by atoms with van der Waals surface area (Å²) in [5.41, 5.74) is 4.15. The van der Waals surface area contributed by atoms with Gasteiger partial charge >= 0.3 is 17.8 Å². The number of hydrogen-bond donors (Lipinski definition) is 3. The van der Waals surface area contributed by atoms with Crippen LogP contribution in [0.4, 0.5) is 5.00 Å². The highest BCUT2D eigenvalue weighted by Crippen LogP contribution is 2.38. The van der Waals surface area contributed by atoms with E-state index >= 15 is 0 Å². The van der Waals surface area contributed by atoms with Crippen molar-refractivity contribution >= 4 is 39.8 Å². The SMILES string of the molecule is COC(=O)c1c(NC(=O)C(=O)N/N=C(/C)c2ccccc2O)sc2c1CCCC2. The Morgan fingerprint density at radius 3 is 2.59 bits per heavy atom. The van der Waals surface area contributed by atoms with Gasteiger partial charge in [0.2, 0.25) is 0 Å². The number of nitrogens with zero attached hydrogens (tertiary/aromatic N) is 1. The Bertz CT molecular complexity index is 996. The Hall–Kier alpha value is -3.20. The molecule has 1 heterocycles. The number of nitrogens with one attached hydrogen (secondary N) is 2. The fourth-order valence-corrected chi connectivity index (χ4v) is 4.43. The molecule has 1 aliphatic rings. The van der Waals surface area contributed by atoms with Gasteiger partial charge in [-0.2, -0.15) is 5.10 Å². The van der Waals surface area contributed by atoms with Gasteiger partial charge in [0.25, 0.3) is 0 Å². The molecular formula is C20H21N3O5S. The van der Waals surface area contributed by atoms with Crippen LogP contribution in [0.15, 0.2) is 29.4 Å². The molecular weight excluding hydrogens is 394 g/mol. The lowest BCUT2D eigenvalue weighted by Gasteiger charge is -2.11. The molecule has 1 aromatic heterocycles. The number of carbonyl (C=O) groups excluding carboxylic acids is 3. The van der Waals surface area contributed by atoms with Crippen molar-refractivity contribution in [3.8, 4) is 5.75 Å². The monoisotopic (exact) mass is 415 g/mol. The summed E-state index contributed by atoms with van der Waals surface area (Å²) in [5, 5.41) is 16.5. The molecule has 9 heteroatoms. The van der Waals surface area contributed by atoms with Crippen LogP contribution in [0.3, 0.4) is 0 Å². The van der Waals surface area contributed by atoms with E-state index in [-0.39, 0.29) is 5.75 Å². The van der Waals surface area contributed by atoms with E-state index in [1.54, 1.807) is 25.1 Å². The smallest absolute Gasteiger partial charge is 0.341 e. The summed E-state index contributed by atoms with van der Waals surface area (Å²) < 4.78 is 4.85. The van der Waals surface area contributed by atoms with Gasteiger partial charge in [-0.25, -0.2) is 10.2 Å². The molecule has 0 aliphatic heterocycles. The van der Waals surface area contributed by atoms with E-state index in [1.165, 1.54) is 24.5 Å². The van der Waals surface area contributed by atoms with Crippen molar-refractivity contribution < 1.29 is 24.2 Å². The minimum absolute atomic E-state index is 0.0133. The van der Waals surface area contributed by atoms with Crippen LogP contribution in [0.1, 0.15) is 46.1 Å². The van der Waals surface area contributed by atoms with Crippen molar-refractivity contribution in [2.45, 2.75) is 32.6 Å². The number of hydrazone groups is 1. The lowest BCUT2D eigenvalue weighted by atomic mass is 9.95. The largest absolute Gasteiger partial charge is 0.507 e. The van der Waals surface area contributed by atoms with Crippen molar-refractivity contribution in [3.05, 3.63) is 45.8 Å².